The van der Waals surface area contributed by atoms with Crippen LogP contribution in [0.2, 0.25) is 0 Å². The number of carbonyl (C=O) groups excluding carboxylic acids is 1. The first-order valence-corrected chi connectivity index (χ1v) is 9.52. The lowest BCUT2D eigenvalue weighted by Gasteiger charge is -2.10. The number of para-hydroxylation sites is 1. The van der Waals surface area contributed by atoms with Gasteiger partial charge < -0.3 is 26.2 Å². The monoisotopic (exact) mass is 378 g/mol. The van der Waals surface area contributed by atoms with E-state index < -0.39 is 19.5 Å². The molecule has 2 rings (SSSR count). The van der Waals surface area contributed by atoms with E-state index in [0.29, 0.717) is 0 Å². The van der Waals surface area contributed by atoms with Gasteiger partial charge in [-0.2, -0.15) is 0 Å². The van der Waals surface area contributed by atoms with Gasteiger partial charge in [-0.1, -0.05) is 12.1 Å². The molecule has 6 N–H and O–H groups in total. The molecular formula is C15H19N6O4P. The molecule has 0 bridgehead atoms. The molecule has 1 aromatic heterocycles. The number of nitrogens with two attached hydrogens (primary N) is 2. The Labute approximate surface area is 149 Å². The fourth-order valence-corrected chi connectivity index (χ4v) is 2.29. The summed E-state index contributed by atoms with van der Waals surface area (Å²) < 4.78 is 16.4. The van der Waals surface area contributed by atoms with E-state index in [1.54, 1.807) is 25.1 Å². The Hall–Kier alpha value is -2.81. The Morgan fingerprint density at radius 2 is 1.92 bits per heavy atom. The van der Waals surface area contributed by atoms with E-state index in [-0.39, 0.29) is 28.8 Å². The maximum Gasteiger partial charge on any atom is 0.373 e. The van der Waals surface area contributed by atoms with Crippen LogP contribution in [0.4, 0.5) is 23.0 Å². The van der Waals surface area contributed by atoms with Gasteiger partial charge in [0.05, 0.1) is 6.04 Å². The summed E-state index contributed by atoms with van der Waals surface area (Å²) in [5, 5.41) is 10.5. The van der Waals surface area contributed by atoms with Crippen molar-refractivity contribution in [2.24, 2.45) is 16.0 Å². The number of nitrogens with zero attached hydrogens (tertiary/aromatic N) is 3. The van der Waals surface area contributed by atoms with Gasteiger partial charge in [0.15, 0.2) is 11.6 Å². The van der Waals surface area contributed by atoms with Crippen molar-refractivity contribution in [1.29, 1.82) is 0 Å². The summed E-state index contributed by atoms with van der Waals surface area (Å²) in [5.41, 5.74) is 11.8. The number of azo groups is 1. The lowest BCUT2D eigenvalue weighted by atomic mass is 10.3. The van der Waals surface area contributed by atoms with Gasteiger partial charge in [-0.05, 0) is 31.2 Å². The highest BCUT2D eigenvalue weighted by atomic mass is 31.2. The van der Waals surface area contributed by atoms with Crippen molar-refractivity contribution in [2.45, 2.75) is 13.0 Å². The van der Waals surface area contributed by atoms with E-state index in [1.807, 2.05) is 0 Å². The zero-order valence-electron chi connectivity index (χ0n) is 14.2. The fraction of sp³-hybridized carbons (Fsp3) is 0.200. The first-order valence-electron chi connectivity index (χ1n) is 7.49. The summed E-state index contributed by atoms with van der Waals surface area (Å²) in [5.74, 6) is -0.0140. The highest BCUT2D eigenvalue weighted by molar-refractivity contribution is 7.52. The lowest BCUT2D eigenvalue weighted by molar-refractivity contribution is -0.117. The van der Waals surface area contributed by atoms with Crippen molar-refractivity contribution in [1.82, 2.24) is 4.98 Å². The molecule has 0 spiro atoms. The molecule has 0 saturated heterocycles. The number of aromatic nitrogens is 1. The number of anilines is 2. The summed E-state index contributed by atoms with van der Waals surface area (Å²) >= 11 is 0. The van der Waals surface area contributed by atoms with E-state index in [1.165, 1.54) is 18.2 Å². The molecule has 1 aromatic carbocycles. The number of pyridine rings is 1. The van der Waals surface area contributed by atoms with E-state index in [4.69, 9.17) is 16.0 Å². The number of rotatable bonds is 6. The van der Waals surface area contributed by atoms with Gasteiger partial charge in [-0.25, -0.2) is 9.55 Å². The summed E-state index contributed by atoms with van der Waals surface area (Å²) in [6.07, 6.45) is 0. The zero-order valence-corrected chi connectivity index (χ0v) is 15.1. The molecule has 1 amide bonds. The van der Waals surface area contributed by atoms with E-state index >= 15 is 0 Å². The number of nitrogen functional groups attached to an aromatic ring is 1. The van der Waals surface area contributed by atoms with E-state index in [2.05, 4.69) is 20.5 Å². The van der Waals surface area contributed by atoms with E-state index in [9.17, 15) is 14.3 Å². The third-order valence-electron chi connectivity index (χ3n) is 2.97. The average Bonchev–Trinajstić information content (AvgIpc) is 2.54. The molecular weight excluding hydrogens is 359 g/mol. The predicted octanol–water partition coefficient (Wildman–Crippen LogP) is 2.56. The molecule has 1 heterocycles. The van der Waals surface area contributed by atoms with Crippen molar-refractivity contribution < 1.29 is 18.8 Å². The van der Waals surface area contributed by atoms with Crippen molar-refractivity contribution in [3.8, 4) is 5.75 Å². The van der Waals surface area contributed by atoms with Crippen LogP contribution in [0.1, 0.15) is 6.92 Å². The minimum absolute atomic E-state index is 0.0398. The maximum absolute atomic E-state index is 11.6. The Morgan fingerprint density at radius 1 is 1.27 bits per heavy atom. The third-order valence-corrected chi connectivity index (χ3v) is 3.50. The number of benzene rings is 1. The maximum atomic E-state index is 11.6. The van der Waals surface area contributed by atoms with Gasteiger partial charge in [0.25, 0.3) is 0 Å². The van der Waals surface area contributed by atoms with Crippen molar-refractivity contribution in [3.05, 3.63) is 36.4 Å². The highest BCUT2D eigenvalue weighted by Crippen LogP contribution is 2.42. The van der Waals surface area contributed by atoms with Crippen LogP contribution in [-0.4, -0.2) is 28.5 Å². The quantitative estimate of drug-likeness (QED) is 0.443. The largest absolute Gasteiger partial charge is 0.422 e. The van der Waals surface area contributed by atoms with Crippen LogP contribution in [0.25, 0.3) is 0 Å². The SMILES string of the molecule is C[C@H](N)C(=O)Nc1ccc(/N=N/c2ccccc2OP(C)(=O)O)c(N)n1. The van der Waals surface area contributed by atoms with Gasteiger partial charge in [-0.15, -0.1) is 10.2 Å². The highest BCUT2D eigenvalue weighted by Gasteiger charge is 2.15. The molecule has 10 nitrogen and oxygen atoms in total. The summed E-state index contributed by atoms with van der Waals surface area (Å²) in [6.45, 7) is 2.61. The predicted molar refractivity (Wildman–Crippen MR) is 97.9 cm³/mol. The molecule has 0 fully saturated rings. The van der Waals surface area contributed by atoms with Gasteiger partial charge in [-0.3, -0.25) is 4.79 Å². The fourth-order valence-electron chi connectivity index (χ4n) is 1.77. The second-order valence-electron chi connectivity index (χ2n) is 5.44. The molecule has 2 aromatic rings. The topological polar surface area (TPSA) is 165 Å². The van der Waals surface area contributed by atoms with Crippen LogP contribution in [0.5, 0.6) is 5.75 Å². The first kappa shape index (κ1) is 19.5. The third kappa shape index (κ3) is 5.62. The normalized spacial score (nSPS) is 14.6. The summed E-state index contributed by atoms with van der Waals surface area (Å²) in [7, 11) is -3.74. The number of carbonyl (C=O) groups is 1. The van der Waals surface area contributed by atoms with Crippen LogP contribution < -0.4 is 21.3 Å². The van der Waals surface area contributed by atoms with Crippen LogP contribution in [0, 0.1) is 0 Å². The zero-order chi connectivity index (χ0) is 19.3. The van der Waals surface area contributed by atoms with Crippen molar-refractivity contribution >= 4 is 36.5 Å². The summed E-state index contributed by atoms with van der Waals surface area (Å²) in [6, 6.07) is 8.70. The minimum atomic E-state index is -3.74. The van der Waals surface area contributed by atoms with Crippen LogP contribution in [0.3, 0.4) is 0 Å². The molecule has 0 saturated carbocycles. The number of amides is 1. The first-order chi connectivity index (χ1) is 12.2. The van der Waals surface area contributed by atoms with Gasteiger partial charge in [0, 0.05) is 6.66 Å². The lowest BCUT2D eigenvalue weighted by Crippen LogP contribution is -2.32. The smallest absolute Gasteiger partial charge is 0.373 e. The molecule has 0 aliphatic rings. The number of hydrogen-bond donors (Lipinski definition) is 4. The van der Waals surface area contributed by atoms with Crippen molar-refractivity contribution in [2.75, 3.05) is 17.7 Å². The molecule has 2 atom stereocenters. The Morgan fingerprint density at radius 3 is 2.54 bits per heavy atom. The van der Waals surface area contributed by atoms with Crippen LogP contribution >= 0.6 is 7.60 Å². The second kappa shape index (κ2) is 8.05. The Balaban J connectivity index is 2.21. The Kier molecular flexibility index (Phi) is 6.04. The molecule has 0 aliphatic carbocycles. The second-order valence-corrected chi connectivity index (χ2v) is 7.23. The molecule has 11 heteroatoms. The minimum Gasteiger partial charge on any atom is -0.422 e. The molecule has 26 heavy (non-hydrogen) atoms. The van der Waals surface area contributed by atoms with Crippen LogP contribution in [0.15, 0.2) is 46.6 Å². The van der Waals surface area contributed by atoms with Crippen molar-refractivity contribution in [3.63, 3.8) is 0 Å². The average molecular weight is 378 g/mol. The Bertz CT molecular complexity index is 880. The van der Waals surface area contributed by atoms with Gasteiger partial charge in [0.2, 0.25) is 5.91 Å². The molecule has 0 radical (unpaired) electrons. The summed E-state index contributed by atoms with van der Waals surface area (Å²) in [4.78, 5) is 24.9. The number of hydrogen-bond acceptors (Lipinski definition) is 8. The molecule has 1 unspecified atom stereocenters. The molecule has 0 aliphatic heterocycles. The van der Waals surface area contributed by atoms with Gasteiger partial charge in [0.1, 0.15) is 17.2 Å². The standard InChI is InChI=1S/C15H19N6O4P/c1-9(16)15(22)19-13-8-7-11(14(17)18-13)21-20-10-5-3-4-6-12(10)25-26(2,23)24/h3-9H,16H2,1-2H3,(H,23,24)(H3,17,18,19,22)/b21-20+/t9-/m0/s1. The molecule has 138 valence electrons. The van der Waals surface area contributed by atoms with E-state index in [0.717, 1.165) is 6.66 Å². The van der Waals surface area contributed by atoms with Crippen LogP contribution in [-0.2, 0) is 9.36 Å². The van der Waals surface area contributed by atoms with Gasteiger partial charge >= 0.3 is 7.60 Å². The number of nitrogens with one attached hydrogen (secondary N) is 1.